The molecular weight excluding hydrogens is 362 g/mol. The zero-order chi connectivity index (χ0) is 20.9. The highest BCUT2D eigenvalue weighted by molar-refractivity contribution is 5.66. The Labute approximate surface area is 176 Å². The van der Waals surface area contributed by atoms with E-state index in [9.17, 15) is 4.79 Å². The molecule has 2 aliphatic rings. The summed E-state index contributed by atoms with van der Waals surface area (Å²) < 4.78 is 6.39. The number of rotatable bonds is 7. The molecule has 1 aromatic rings. The Balaban J connectivity index is 1.52. The lowest BCUT2D eigenvalue weighted by molar-refractivity contribution is -0.137. The van der Waals surface area contributed by atoms with Crippen molar-refractivity contribution in [2.75, 3.05) is 19.6 Å². The minimum absolute atomic E-state index is 0.266. The molecule has 1 unspecified atom stereocenters. The minimum Gasteiger partial charge on any atom is -0.490 e. The molecule has 0 aromatic heterocycles. The zero-order valence-corrected chi connectivity index (χ0v) is 18.5. The number of likely N-dealkylation sites (tertiary alicyclic amines) is 1. The van der Waals surface area contributed by atoms with Crippen LogP contribution in [0.25, 0.3) is 0 Å². The van der Waals surface area contributed by atoms with Gasteiger partial charge >= 0.3 is 5.97 Å². The maximum Gasteiger partial charge on any atom is 0.303 e. The molecule has 3 rings (SSSR count). The summed E-state index contributed by atoms with van der Waals surface area (Å²) in [5.41, 5.74) is 1.77. The van der Waals surface area contributed by atoms with Crippen molar-refractivity contribution in [2.45, 2.75) is 84.2 Å². The third kappa shape index (κ3) is 6.74. The highest BCUT2D eigenvalue weighted by Gasteiger charge is 2.30. The van der Waals surface area contributed by atoms with E-state index in [1.165, 1.54) is 31.2 Å². The van der Waals surface area contributed by atoms with Gasteiger partial charge < -0.3 is 14.7 Å². The third-order valence-electron chi connectivity index (χ3n) is 6.90. The maximum absolute atomic E-state index is 10.8. The summed E-state index contributed by atoms with van der Waals surface area (Å²) in [5.74, 6) is 1.65. The van der Waals surface area contributed by atoms with E-state index in [-0.39, 0.29) is 6.42 Å². The second kappa shape index (κ2) is 9.97. The number of aliphatic carboxylic acids is 1. The van der Waals surface area contributed by atoms with Crippen LogP contribution in [0.2, 0.25) is 0 Å². The topological polar surface area (TPSA) is 49.8 Å². The van der Waals surface area contributed by atoms with Crippen molar-refractivity contribution in [1.29, 1.82) is 0 Å². The summed E-state index contributed by atoms with van der Waals surface area (Å²) in [6, 6.07) is 8.72. The molecule has 4 heteroatoms. The normalized spacial score (nSPS) is 26.2. The zero-order valence-electron chi connectivity index (χ0n) is 18.5. The average Bonchev–Trinajstić information content (AvgIpc) is 2.68. The molecule has 0 radical (unpaired) electrons. The molecule has 0 bridgehead atoms. The molecule has 1 aliphatic carbocycles. The van der Waals surface area contributed by atoms with Crippen LogP contribution in [0.3, 0.4) is 0 Å². The fourth-order valence-electron chi connectivity index (χ4n) is 5.07. The Hall–Kier alpha value is -1.55. The van der Waals surface area contributed by atoms with Crippen LogP contribution in [-0.2, 0) is 4.79 Å². The van der Waals surface area contributed by atoms with Gasteiger partial charge in [0.1, 0.15) is 5.75 Å². The van der Waals surface area contributed by atoms with Crippen molar-refractivity contribution in [3.05, 3.63) is 29.8 Å². The van der Waals surface area contributed by atoms with Crippen LogP contribution in [0.4, 0.5) is 0 Å². The summed E-state index contributed by atoms with van der Waals surface area (Å²) >= 11 is 0. The molecule has 1 saturated heterocycles. The van der Waals surface area contributed by atoms with Crippen molar-refractivity contribution in [2.24, 2.45) is 11.3 Å². The molecule has 1 aromatic carbocycles. The van der Waals surface area contributed by atoms with Gasteiger partial charge in [0.05, 0.1) is 6.10 Å². The van der Waals surface area contributed by atoms with E-state index in [1.807, 2.05) is 0 Å². The summed E-state index contributed by atoms with van der Waals surface area (Å²) in [6.45, 7) is 10.1. The van der Waals surface area contributed by atoms with Gasteiger partial charge in [-0.1, -0.05) is 32.9 Å². The first kappa shape index (κ1) is 22.1. The highest BCUT2D eigenvalue weighted by atomic mass is 16.5. The van der Waals surface area contributed by atoms with Gasteiger partial charge in [0.25, 0.3) is 0 Å². The van der Waals surface area contributed by atoms with E-state index in [2.05, 4.69) is 49.9 Å². The second-order valence-corrected chi connectivity index (χ2v) is 10.2. The predicted octanol–water partition coefficient (Wildman–Crippen LogP) is 5.71. The maximum atomic E-state index is 10.8. The first-order valence-corrected chi connectivity index (χ1v) is 11.5. The van der Waals surface area contributed by atoms with Gasteiger partial charge in [-0.2, -0.15) is 0 Å². The Morgan fingerprint density at radius 3 is 2.62 bits per heavy atom. The predicted molar refractivity (Wildman–Crippen MR) is 118 cm³/mol. The molecule has 4 nitrogen and oxygen atoms in total. The number of nitrogens with zero attached hydrogens (tertiary/aromatic N) is 1. The van der Waals surface area contributed by atoms with Crippen LogP contribution < -0.4 is 4.74 Å². The van der Waals surface area contributed by atoms with Gasteiger partial charge in [-0.25, -0.2) is 0 Å². The average molecular weight is 402 g/mol. The number of hydrogen-bond acceptors (Lipinski definition) is 3. The first-order valence-electron chi connectivity index (χ1n) is 11.5. The first-order chi connectivity index (χ1) is 13.8. The Bertz CT molecular complexity index is 658. The highest BCUT2D eigenvalue weighted by Crippen LogP contribution is 2.39. The number of carboxylic acid groups (broad SMARTS) is 1. The molecule has 0 amide bonds. The standard InChI is InChI=1S/C25H39NO3/c1-25(2,3)21-11-13-22(14-12-21)29-23-9-4-7-19(17-23)20-8-5-15-26(18-20)16-6-10-24(27)28/h4,7,9,17,20-22H,5-6,8,10-16,18H2,1-3H3,(H,27,28)/t20?,21-,22-. The molecule has 1 saturated carbocycles. The SMILES string of the molecule is CC(C)(C)[C@H]1CC[C@H](Oc2cccc(C3CCCN(CCCC(=O)O)C3)c2)CC1. The summed E-state index contributed by atoms with van der Waals surface area (Å²) in [6.07, 6.45) is 8.59. The summed E-state index contributed by atoms with van der Waals surface area (Å²) in [5, 5.41) is 8.86. The van der Waals surface area contributed by atoms with Crippen LogP contribution >= 0.6 is 0 Å². The fraction of sp³-hybridized carbons (Fsp3) is 0.720. The molecule has 1 atom stereocenters. The van der Waals surface area contributed by atoms with Gasteiger partial charge in [0.2, 0.25) is 0 Å². The van der Waals surface area contributed by atoms with Crippen molar-refractivity contribution in [3.63, 3.8) is 0 Å². The van der Waals surface area contributed by atoms with Crippen LogP contribution in [0.15, 0.2) is 24.3 Å². The van der Waals surface area contributed by atoms with Crippen molar-refractivity contribution in [1.82, 2.24) is 4.90 Å². The molecular formula is C25H39NO3. The summed E-state index contributed by atoms with van der Waals surface area (Å²) in [4.78, 5) is 13.2. The number of hydrogen-bond donors (Lipinski definition) is 1. The smallest absolute Gasteiger partial charge is 0.303 e. The lowest BCUT2D eigenvalue weighted by Crippen LogP contribution is -2.35. The number of piperidine rings is 1. The largest absolute Gasteiger partial charge is 0.490 e. The van der Waals surface area contributed by atoms with Crippen LogP contribution in [0.1, 0.15) is 83.6 Å². The molecule has 162 valence electrons. The van der Waals surface area contributed by atoms with Crippen LogP contribution in [0, 0.1) is 11.3 Å². The van der Waals surface area contributed by atoms with Gasteiger partial charge in [0, 0.05) is 13.0 Å². The number of carbonyl (C=O) groups is 1. The molecule has 0 spiro atoms. The van der Waals surface area contributed by atoms with Gasteiger partial charge in [-0.3, -0.25) is 4.79 Å². The van der Waals surface area contributed by atoms with Crippen molar-refractivity contribution < 1.29 is 14.6 Å². The molecule has 2 fully saturated rings. The van der Waals surface area contributed by atoms with Crippen molar-refractivity contribution in [3.8, 4) is 5.75 Å². The van der Waals surface area contributed by atoms with Gasteiger partial charge in [-0.05, 0) is 93.0 Å². The Morgan fingerprint density at radius 1 is 1.17 bits per heavy atom. The lowest BCUT2D eigenvalue weighted by atomic mass is 9.72. The number of benzene rings is 1. The van der Waals surface area contributed by atoms with Crippen LogP contribution in [-0.4, -0.2) is 41.7 Å². The Morgan fingerprint density at radius 2 is 1.93 bits per heavy atom. The molecule has 29 heavy (non-hydrogen) atoms. The van der Waals surface area contributed by atoms with E-state index in [1.54, 1.807) is 0 Å². The van der Waals surface area contributed by atoms with Crippen LogP contribution in [0.5, 0.6) is 5.75 Å². The number of ether oxygens (including phenoxy) is 1. The second-order valence-electron chi connectivity index (χ2n) is 10.2. The minimum atomic E-state index is -0.694. The molecule has 1 N–H and O–H groups in total. The lowest BCUT2D eigenvalue weighted by Gasteiger charge is -2.37. The Kier molecular flexibility index (Phi) is 7.61. The summed E-state index contributed by atoms with van der Waals surface area (Å²) in [7, 11) is 0. The quantitative estimate of drug-likeness (QED) is 0.635. The van der Waals surface area contributed by atoms with E-state index in [4.69, 9.17) is 9.84 Å². The molecule has 1 heterocycles. The molecule has 1 aliphatic heterocycles. The van der Waals surface area contributed by atoms with E-state index in [0.717, 1.165) is 50.6 Å². The van der Waals surface area contributed by atoms with Crippen molar-refractivity contribution >= 4 is 5.97 Å². The van der Waals surface area contributed by atoms with E-state index < -0.39 is 5.97 Å². The monoisotopic (exact) mass is 401 g/mol. The van der Waals surface area contributed by atoms with E-state index >= 15 is 0 Å². The third-order valence-corrected chi connectivity index (χ3v) is 6.90. The fourth-order valence-corrected chi connectivity index (χ4v) is 5.07. The van der Waals surface area contributed by atoms with Gasteiger partial charge in [0.15, 0.2) is 0 Å². The van der Waals surface area contributed by atoms with Gasteiger partial charge in [-0.15, -0.1) is 0 Å². The van der Waals surface area contributed by atoms with E-state index in [0.29, 0.717) is 17.4 Å². The number of carboxylic acids is 1.